The van der Waals surface area contributed by atoms with Crippen LogP contribution in [0.2, 0.25) is 0 Å². The molecule has 2 aliphatic rings. The van der Waals surface area contributed by atoms with Crippen LogP contribution in [0.5, 0.6) is 5.75 Å². The topological polar surface area (TPSA) is 133 Å². The van der Waals surface area contributed by atoms with Crippen molar-refractivity contribution in [3.63, 3.8) is 0 Å². The summed E-state index contributed by atoms with van der Waals surface area (Å²) in [6.07, 6.45) is 4.93. The molecule has 1 saturated carbocycles. The van der Waals surface area contributed by atoms with Gasteiger partial charge in [0.2, 0.25) is 0 Å². The van der Waals surface area contributed by atoms with Gasteiger partial charge in [-0.3, -0.25) is 14.9 Å². The minimum absolute atomic E-state index is 0.0405. The molecule has 0 spiro atoms. The third-order valence-corrected chi connectivity index (χ3v) is 7.55. The Kier molecular flexibility index (Phi) is 7.14. The molecular weight excluding hydrogens is 428 g/mol. The number of nitro groups is 1. The fraction of sp³-hybridized carbons (Fsp3) is 0.600. The highest BCUT2D eigenvalue weighted by molar-refractivity contribution is 7.91. The SMILES string of the molecule is COc1ccc([N+](=O)[O-])cc1C(=O)OCC(=O)N(C1CCCCC1)C1CCS(=O)(=O)C1. The standard InChI is InChI=1S/C20H26N2O8S/c1-29-18-8-7-15(22(25)26)11-17(18)20(24)30-12-19(23)21(14-5-3-2-4-6-14)16-9-10-31(27,28)13-16/h7-8,11,14,16H,2-6,9-10,12-13H2,1H3. The van der Waals surface area contributed by atoms with Crippen molar-refractivity contribution >= 4 is 27.4 Å². The number of amides is 1. The largest absolute Gasteiger partial charge is 0.496 e. The van der Waals surface area contributed by atoms with Gasteiger partial charge in [-0.15, -0.1) is 0 Å². The number of nitrogens with zero attached hydrogens (tertiary/aromatic N) is 2. The third kappa shape index (κ3) is 5.52. The Labute approximate surface area is 180 Å². The Hall–Kier alpha value is -2.69. The van der Waals surface area contributed by atoms with E-state index >= 15 is 0 Å². The maximum Gasteiger partial charge on any atom is 0.342 e. The van der Waals surface area contributed by atoms with Crippen LogP contribution in [-0.4, -0.2) is 67.4 Å². The molecule has 1 aromatic carbocycles. The molecule has 0 bridgehead atoms. The Morgan fingerprint density at radius 1 is 1.16 bits per heavy atom. The number of sulfone groups is 1. The van der Waals surface area contributed by atoms with E-state index in [2.05, 4.69) is 0 Å². The molecule has 1 atom stereocenters. The van der Waals surface area contributed by atoms with E-state index in [0.29, 0.717) is 6.42 Å². The van der Waals surface area contributed by atoms with Crippen molar-refractivity contribution in [2.24, 2.45) is 0 Å². The van der Waals surface area contributed by atoms with Crippen LogP contribution in [-0.2, 0) is 19.4 Å². The van der Waals surface area contributed by atoms with Gasteiger partial charge in [-0.2, -0.15) is 0 Å². The number of methoxy groups -OCH3 is 1. The molecule has 0 N–H and O–H groups in total. The Morgan fingerprint density at radius 3 is 2.45 bits per heavy atom. The van der Waals surface area contributed by atoms with Gasteiger partial charge < -0.3 is 14.4 Å². The molecule has 0 aromatic heterocycles. The second-order valence-electron chi connectivity index (χ2n) is 7.87. The number of carbonyl (C=O) groups is 2. The van der Waals surface area contributed by atoms with Crippen LogP contribution in [0.3, 0.4) is 0 Å². The summed E-state index contributed by atoms with van der Waals surface area (Å²) < 4.78 is 34.2. The lowest BCUT2D eigenvalue weighted by Gasteiger charge is -2.38. The van der Waals surface area contributed by atoms with E-state index in [0.717, 1.165) is 38.2 Å². The summed E-state index contributed by atoms with van der Waals surface area (Å²) in [6, 6.07) is 3.02. The number of hydrogen-bond donors (Lipinski definition) is 0. The molecule has 1 unspecified atom stereocenters. The molecule has 31 heavy (non-hydrogen) atoms. The molecule has 2 fully saturated rings. The predicted octanol–water partition coefficient (Wildman–Crippen LogP) is 2.11. The molecule has 1 aromatic rings. The number of nitro benzene ring substituents is 1. The molecule has 170 valence electrons. The van der Waals surface area contributed by atoms with Crippen molar-refractivity contribution in [3.05, 3.63) is 33.9 Å². The lowest BCUT2D eigenvalue weighted by Crippen LogP contribution is -2.50. The second-order valence-corrected chi connectivity index (χ2v) is 10.1. The number of rotatable bonds is 7. The van der Waals surface area contributed by atoms with Gasteiger partial charge in [0.25, 0.3) is 11.6 Å². The molecular formula is C20H26N2O8S. The van der Waals surface area contributed by atoms with Crippen molar-refractivity contribution in [1.82, 2.24) is 4.90 Å². The second kappa shape index (κ2) is 9.63. The highest BCUT2D eigenvalue weighted by atomic mass is 32.2. The van der Waals surface area contributed by atoms with Gasteiger partial charge in [0.15, 0.2) is 16.4 Å². The van der Waals surface area contributed by atoms with Crippen LogP contribution in [0.4, 0.5) is 5.69 Å². The van der Waals surface area contributed by atoms with Gasteiger partial charge in [-0.05, 0) is 25.3 Å². The highest BCUT2D eigenvalue weighted by Gasteiger charge is 2.38. The Bertz CT molecular complexity index is 956. The van der Waals surface area contributed by atoms with Crippen molar-refractivity contribution in [2.75, 3.05) is 25.2 Å². The summed E-state index contributed by atoms with van der Waals surface area (Å²) in [7, 11) is -1.88. The van der Waals surface area contributed by atoms with Gasteiger partial charge in [-0.25, -0.2) is 13.2 Å². The third-order valence-electron chi connectivity index (χ3n) is 5.80. The molecule has 1 aliphatic carbocycles. The summed E-state index contributed by atoms with van der Waals surface area (Å²) in [5.74, 6) is -1.32. The number of benzene rings is 1. The molecule has 1 aliphatic heterocycles. The van der Waals surface area contributed by atoms with Gasteiger partial charge in [0, 0.05) is 24.2 Å². The smallest absolute Gasteiger partial charge is 0.342 e. The molecule has 3 rings (SSSR count). The minimum Gasteiger partial charge on any atom is -0.496 e. The fourth-order valence-corrected chi connectivity index (χ4v) is 6.02. The summed E-state index contributed by atoms with van der Waals surface area (Å²) in [5.41, 5.74) is -0.462. The monoisotopic (exact) mass is 454 g/mol. The van der Waals surface area contributed by atoms with Gasteiger partial charge in [0.05, 0.1) is 23.5 Å². The van der Waals surface area contributed by atoms with Crippen LogP contribution >= 0.6 is 0 Å². The summed E-state index contributed by atoms with van der Waals surface area (Å²) in [6.45, 7) is -0.572. The van der Waals surface area contributed by atoms with E-state index in [-0.39, 0.29) is 34.5 Å². The zero-order valence-electron chi connectivity index (χ0n) is 17.3. The lowest BCUT2D eigenvalue weighted by molar-refractivity contribution is -0.384. The average molecular weight is 455 g/mol. The lowest BCUT2D eigenvalue weighted by atomic mass is 9.93. The number of ether oxygens (including phenoxy) is 2. The van der Waals surface area contributed by atoms with Gasteiger partial charge >= 0.3 is 5.97 Å². The van der Waals surface area contributed by atoms with E-state index in [4.69, 9.17) is 9.47 Å². The average Bonchev–Trinajstić information content (AvgIpc) is 3.11. The fourth-order valence-electron chi connectivity index (χ4n) is 4.31. The van der Waals surface area contributed by atoms with Crippen molar-refractivity contribution < 1.29 is 32.4 Å². The van der Waals surface area contributed by atoms with Crippen LogP contribution in [0.15, 0.2) is 18.2 Å². The maximum absolute atomic E-state index is 13.0. The van der Waals surface area contributed by atoms with Crippen molar-refractivity contribution in [3.8, 4) is 5.75 Å². The van der Waals surface area contributed by atoms with E-state index in [1.165, 1.54) is 19.2 Å². The molecule has 10 nitrogen and oxygen atoms in total. The number of esters is 1. The van der Waals surface area contributed by atoms with Gasteiger partial charge in [-0.1, -0.05) is 19.3 Å². The Balaban J connectivity index is 1.74. The molecule has 1 saturated heterocycles. The normalized spacial score (nSPS) is 20.7. The minimum atomic E-state index is -3.19. The predicted molar refractivity (Wildman–Crippen MR) is 111 cm³/mol. The van der Waals surface area contributed by atoms with E-state index in [1.807, 2.05) is 0 Å². The molecule has 11 heteroatoms. The summed E-state index contributed by atoms with van der Waals surface area (Å²) in [5, 5.41) is 11.0. The van der Waals surface area contributed by atoms with E-state index in [9.17, 15) is 28.1 Å². The number of hydrogen-bond acceptors (Lipinski definition) is 8. The van der Waals surface area contributed by atoms with Gasteiger partial charge in [0.1, 0.15) is 11.3 Å². The van der Waals surface area contributed by atoms with E-state index < -0.39 is 39.3 Å². The first-order valence-electron chi connectivity index (χ1n) is 10.2. The first kappa shape index (κ1) is 23.0. The van der Waals surface area contributed by atoms with Crippen molar-refractivity contribution in [1.29, 1.82) is 0 Å². The van der Waals surface area contributed by atoms with Crippen LogP contribution < -0.4 is 4.74 Å². The zero-order chi connectivity index (χ0) is 22.6. The van der Waals surface area contributed by atoms with Crippen LogP contribution in [0.25, 0.3) is 0 Å². The molecule has 1 amide bonds. The van der Waals surface area contributed by atoms with Crippen molar-refractivity contribution in [2.45, 2.75) is 50.6 Å². The number of non-ortho nitro benzene ring substituents is 1. The highest BCUT2D eigenvalue weighted by Crippen LogP contribution is 2.29. The maximum atomic E-state index is 13.0. The van der Waals surface area contributed by atoms with Crippen LogP contribution in [0, 0.1) is 10.1 Å². The summed E-state index contributed by atoms with van der Waals surface area (Å²) >= 11 is 0. The molecule has 0 radical (unpaired) electrons. The summed E-state index contributed by atoms with van der Waals surface area (Å²) in [4.78, 5) is 37.5. The first-order valence-corrected chi connectivity index (χ1v) is 12.0. The number of carbonyl (C=O) groups excluding carboxylic acids is 2. The molecule has 1 heterocycles. The Morgan fingerprint density at radius 2 is 1.87 bits per heavy atom. The van der Waals surface area contributed by atoms with E-state index in [1.54, 1.807) is 4.90 Å². The van der Waals surface area contributed by atoms with Crippen LogP contribution in [0.1, 0.15) is 48.9 Å². The zero-order valence-corrected chi connectivity index (χ0v) is 18.1. The quantitative estimate of drug-likeness (QED) is 0.347. The first-order chi connectivity index (χ1) is 14.7.